The van der Waals surface area contributed by atoms with E-state index in [4.69, 9.17) is 0 Å². The average Bonchev–Trinajstić information content (AvgIpc) is 2.89. The van der Waals surface area contributed by atoms with E-state index in [1.807, 2.05) is 37.3 Å². The number of fused-ring (bicyclic) bond motifs is 1. The lowest BCUT2D eigenvalue weighted by Gasteiger charge is -2.12. The van der Waals surface area contributed by atoms with Gasteiger partial charge in [0, 0.05) is 5.39 Å². The SMILES string of the molecule is C/C=C/CCc1ccc(CCc2ccc3c(F)c(CCc4cc(F)c(OC(F)(F)F)c(F)c4)ccc3c2)c(F)c1. The molecule has 40 heavy (non-hydrogen) atoms. The zero-order valence-corrected chi connectivity index (χ0v) is 21.7. The molecule has 0 spiro atoms. The van der Waals surface area contributed by atoms with Crippen LogP contribution in [0.3, 0.4) is 0 Å². The molecule has 0 aliphatic rings. The molecule has 0 radical (unpaired) electrons. The zero-order valence-electron chi connectivity index (χ0n) is 21.7. The lowest BCUT2D eigenvalue weighted by molar-refractivity contribution is -0.276. The van der Waals surface area contributed by atoms with Crippen LogP contribution in [0.2, 0.25) is 0 Å². The molecule has 0 amide bonds. The fraction of sp³-hybridized carbons (Fsp3) is 0.250. The summed E-state index contributed by atoms with van der Waals surface area (Å²) in [4.78, 5) is 0. The number of hydrogen-bond donors (Lipinski definition) is 0. The quantitative estimate of drug-likeness (QED) is 0.139. The maximum absolute atomic E-state index is 15.2. The van der Waals surface area contributed by atoms with Crippen molar-refractivity contribution < 1.29 is 35.5 Å². The van der Waals surface area contributed by atoms with Crippen LogP contribution in [0.5, 0.6) is 5.75 Å². The molecule has 0 unspecified atom stereocenters. The normalized spacial score (nSPS) is 12.0. The minimum Gasteiger partial charge on any atom is -0.399 e. The van der Waals surface area contributed by atoms with Gasteiger partial charge in [0.15, 0.2) is 11.6 Å². The summed E-state index contributed by atoms with van der Waals surface area (Å²) in [6, 6.07) is 15.4. The van der Waals surface area contributed by atoms with Gasteiger partial charge in [-0.2, -0.15) is 0 Å². The van der Waals surface area contributed by atoms with Crippen LogP contribution in [0, 0.1) is 23.3 Å². The molecule has 210 valence electrons. The summed E-state index contributed by atoms with van der Waals surface area (Å²) < 4.78 is 98.2. The van der Waals surface area contributed by atoms with Gasteiger partial charge in [-0.05, 0) is 96.9 Å². The van der Waals surface area contributed by atoms with Gasteiger partial charge in [0.1, 0.15) is 11.6 Å². The summed E-state index contributed by atoms with van der Waals surface area (Å²) >= 11 is 0. The Kier molecular flexibility index (Phi) is 9.17. The molecule has 0 bridgehead atoms. The molecule has 1 nitrogen and oxygen atoms in total. The predicted octanol–water partition coefficient (Wildman–Crippen LogP) is 9.37. The van der Waals surface area contributed by atoms with Crippen molar-refractivity contribution in [1.82, 2.24) is 0 Å². The number of hydrogen-bond acceptors (Lipinski definition) is 1. The van der Waals surface area contributed by atoms with E-state index in [1.54, 1.807) is 30.3 Å². The third kappa shape index (κ3) is 7.43. The summed E-state index contributed by atoms with van der Waals surface area (Å²) in [6.07, 6.45) is 1.54. The van der Waals surface area contributed by atoms with Gasteiger partial charge in [-0.1, -0.05) is 54.6 Å². The molecule has 4 aromatic carbocycles. The van der Waals surface area contributed by atoms with Gasteiger partial charge in [-0.3, -0.25) is 0 Å². The van der Waals surface area contributed by atoms with E-state index < -0.39 is 29.6 Å². The number of halogens is 7. The highest BCUT2D eigenvalue weighted by Gasteiger charge is 2.34. The fourth-order valence-corrected chi connectivity index (χ4v) is 4.63. The molecule has 4 aromatic rings. The Morgan fingerprint density at radius 2 is 1.25 bits per heavy atom. The van der Waals surface area contributed by atoms with Gasteiger partial charge in [0.2, 0.25) is 5.75 Å². The monoisotopic (exact) mass is 560 g/mol. The van der Waals surface area contributed by atoms with Crippen LogP contribution >= 0.6 is 0 Å². The summed E-state index contributed by atoms with van der Waals surface area (Å²) in [5, 5.41) is 1.02. The first-order chi connectivity index (χ1) is 19.0. The highest BCUT2D eigenvalue weighted by molar-refractivity contribution is 5.84. The molecular formula is C32H27F7O. The fourth-order valence-electron chi connectivity index (χ4n) is 4.63. The standard InChI is InChI=1S/C32H27F7O/c1-2-3-4-5-20-6-10-23(27(33)17-20)11-7-21-9-15-26-25(16-21)14-13-24(30(26)36)12-8-22-18-28(34)31(29(35)19-22)40-32(37,38)39/h2-3,6,9-10,13-19H,4-5,7-8,11-12H2,1H3/b3-2+. The van der Waals surface area contributed by atoms with Crippen molar-refractivity contribution in [3.8, 4) is 5.75 Å². The molecule has 4 rings (SSSR count). The maximum atomic E-state index is 15.2. The lowest BCUT2D eigenvalue weighted by Crippen LogP contribution is -2.19. The van der Waals surface area contributed by atoms with Crippen molar-refractivity contribution in [3.63, 3.8) is 0 Å². The van der Waals surface area contributed by atoms with Crippen molar-refractivity contribution in [3.05, 3.63) is 124 Å². The third-order valence-electron chi connectivity index (χ3n) is 6.69. The first kappa shape index (κ1) is 29.2. The molecule has 0 heterocycles. The van der Waals surface area contributed by atoms with Gasteiger partial charge in [-0.15, -0.1) is 13.2 Å². The molecular weight excluding hydrogens is 533 g/mol. The molecule has 0 aromatic heterocycles. The molecule has 0 atom stereocenters. The Labute approximate surface area is 227 Å². The second-order valence-electron chi connectivity index (χ2n) is 9.56. The molecule has 8 heteroatoms. The van der Waals surface area contributed by atoms with E-state index in [0.717, 1.165) is 36.1 Å². The van der Waals surface area contributed by atoms with E-state index >= 15 is 4.39 Å². The summed E-state index contributed by atoms with van der Waals surface area (Å²) in [6.45, 7) is 1.95. The van der Waals surface area contributed by atoms with Crippen LogP contribution in [0.4, 0.5) is 30.7 Å². The van der Waals surface area contributed by atoms with Crippen molar-refractivity contribution in [2.45, 2.75) is 51.8 Å². The van der Waals surface area contributed by atoms with Crippen LogP contribution in [0.15, 0.2) is 72.8 Å². The maximum Gasteiger partial charge on any atom is 0.573 e. The smallest absolute Gasteiger partial charge is 0.399 e. The molecule has 0 N–H and O–H groups in total. The van der Waals surface area contributed by atoms with Gasteiger partial charge in [0.05, 0.1) is 0 Å². The van der Waals surface area contributed by atoms with Gasteiger partial charge >= 0.3 is 6.36 Å². The Morgan fingerprint density at radius 3 is 1.93 bits per heavy atom. The number of allylic oxidation sites excluding steroid dienone is 2. The van der Waals surface area contributed by atoms with Crippen molar-refractivity contribution in [2.75, 3.05) is 0 Å². The van der Waals surface area contributed by atoms with Crippen LogP contribution in [0.25, 0.3) is 10.8 Å². The minimum absolute atomic E-state index is 0.000304. The van der Waals surface area contributed by atoms with E-state index in [-0.39, 0.29) is 24.2 Å². The summed E-state index contributed by atoms with van der Waals surface area (Å²) in [5.74, 6) is -5.22. The molecule has 0 aliphatic heterocycles. The zero-order chi connectivity index (χ0) is 28.9. The van der Waals surface area contributed by atoms with Gasteiger partial charge in [0.25, 0.3) is 0 Å². The average molecular weight is 561 g/mol. The van der Waals surface area contributed by atoms with Crippen molar-refractivity contribution in [1.29, 1.82) is 0 Å². The first-order valence-corrected chi connectivity index (χ1v) is 12.9. The topological polar surface area (TPSA) is 9.23 Å². The highest BCUT2D eigenvalue weighted by Crippen LogP contribution is 2.30. The Balaban J connectivity index is 1.42. The Hall–Kier alpha value is -3.81. The van der Waals surface area contributed by atoms with Crippen molar-refractivity contribution in [2.24, 2.45) is 0 Å². The third-order valence-corrected chi connectivity index (χ3v) is 6.69. The number of rotatable bonds is 10. The van der Waals surface area contributed by atoms with Crippen LogP contribution in [-0.4, -0.2) is 6.36 Å². The van der Waals surface area contributed by atoms with E-state index in [9.17, 15) is 26.3 Å². The lowest BCUT2D eigenvalue weighted by atomic mass is 9.96. The number of alkyl halides is 3. The Bertz CT molecular complexity index is 1500. The van der Waals surface area contributed by atoms with E-state index in [2.05, 4.69) is 4.74 Å². The number of aryl methyl sites for hydroxylation is 5. The number of ether oxygens (including phenoxy) is 1. The first-order valence-electron chi connectivity index (χ1n) is 12.9. The highest BCUT2D eigenvalue weighted by atomic mass is 19.4. The van der Waals surface area contributed by atoms with E-state index in [1.165, 1.54) is 0 Å². The minimum atomic E-state index is -5.23. The van der Waals surface area contributed by atoms with Crippen LogP contribution < -0.4 is 4.74 Å². The largest absolute Gasteiger partial charge is 0.573 e. The van der Waals surface area contributed by atoms with E-state index in [0.29, 0.717) is 34.7 Å². The predicted molar refractivity (Wildman–Crippen MR) is 141 cm³/mol. The van der Waals surface area contributed by atoms with Crippen molar-refractivity contribution >= 4 is 10.8 Å². The number of benzene rings is 4. The molecule has 0 fully saturated rings. The van der Waals surface area contributed by atoms with Gasteiger partial charge in [-0.25, -0.2) is 17.6 Å². The molecule has 0 saturated carbocycles. The molecule has 0 saturated heterocycles. The van der Waals surface area contributed by atoms with Crippen LogP contribution in [-0.2, 0) is 32.1 Å². The second-order valence-corrected chi connectivity index (χ2v) is 9.56. The second kappa shape index (κ2) is 12.6. The Morgan fingerprint density at radius 1 is 0.650 bits per heavy atom. The van der Waals surface area contributed by atoms with Gasteiger partial charge < -0.3 is 4.74 Å². The van der Waals surface area contributed by atoms with Crippen LogP contribution in [0.1, 0.15) is 41.2 Å². The summed E-state index contributed by atoms with van der Waals surface area (Å²) in [7, 11) is 0. The molecule has 0 aliphatic carbocycles. The summed E-state index contributed by atoms with van der Waals surface area (Å²) in [5.41, 5.74) is 2.84.